The van der Waals surface area contributed by atoms with E-state index in [0.717, 1.165) is 29.7 Å². The zero-order chi connectivity index (χ0) is 24.3. The second-order valence-electron chi connectivity index (χ2n) is 9.17. The molecule has 3 atom stereocenters. The largest absolute Gasteiger partial charge is 0.348 e. The van der Waals surface area contributed by atoms with Crippen LogP contribution in [0.3, 0.4) is 0 Å². The molecular weight excluding hydrogens is 432 g/mol. The van der Waals surface area contributed by atoms with Gasteiger partial charge in [-0.3, -0.25) is 19.3 Å². The van der Waals surface area contributed by atoms with Crippen molar-refractivity contribution >= 4 is 29.4 Å². The number of rotatable bonds is 6. The van der Waals surface area contributed by atoms with Gasteiger partial charge in [0, 0.05) is 11.3 Å². The molecule has 2 aliphatic rings. The Morgan fingerprint density at radius 2 is 1.88 bits per heavy atom. The van der Waals surface area contributed by atoms with Gasteiger partial charge in [-0.05, 0) is 55.5 Å². The maximum Gasteiger partial charge on any atom is 0.325 e. The van der Waals surface area contributed by atoms with Gasteiger partial charge in [0.1, 0.15) is 12.1 Å². The van der Waals surface area contributed by atoms with E-state index >= 15 is 0 Å². The molecule has 34 heavy (non-hydrogen) atoms. The monoisotopic (exact) mass is 462 g/mol. The summed E-state index contributed by atoms with van der Waals surface area (Å²) in [5, 5.41) is 8.58. The Labute approximate surface area is 199 Å². The number of carbonyl (C=O) groups is 4. The highest BCUT2D eigenvalue weighted by Crippen LogP contribution is 2.38. The molecule has 1 heterocycles. The summed E-state index contributed by atoms with van der Waals surface area (Å²) >= 11 is 0. The van der Waals surface area contributed by atoms with Crippen molar-refractivity contribution in [3.05, 3.63) is 65.7 Å². The number of hydrogen-bond donors (Lipinski definition) is 3. The van der Waals surface area contributed by atoms with Crippen LogP contribution in [0.5, 0.6) is 0 Å². The Morgan fingerprint density at radius 1 is 1.12 bits per heavy atom. The van der Waals surface area contributed by atoms with Crippen LogP contribution in [0.2, 0.25) is 0 Å². The fourth-order valence-electron chi connectivity index (χ4n) is 4.83. The minimum atomic E-state index is -0.882. The lowest BCUT2D eigenvalue weighted by molar-refractivity contribution is -0.137. The topological polar surface area (TPSA) is 108 Å². The van der Waals surface area contributed by atoms with E-state index in [1.807, 2.05) is 26.0 Å². The van der Waals surface area contributed by atoms with Crippen molar-refractivity contribution in [3.63, 3.8) is 0 Å². The maximum absolute atomic E-state index is 13.1. The van der Waals surface area contributed by atoms with E-state index in [-0.39, 0.29) is 30.3 Å². The Balaban J connectivity index is 1.37. The lowest BCUT2D eigenvalue weighted by Gasteiger charge is -2.36. The van der Waals surface area contributed by atoms with Crippen LogP contribution in [0.25, 0.3) is 0 Å². The van der Waals surface area contributed by atoms with E-state index in [2.05, 4.69) is 16.0 Å². The van der Waals surface area contributed by atoms with Crippen LogP contribution < -0.4 is 16.0 Å². The van der Waals surface area contributed by atoms with Crippen molar-refractivity contribution in [3.8, 4) is 0 Å². The molecule has 1 saturated carbocycles. The fraction of sp³-hybridized carbons (Fsp3) is 0.385. The SMILES string of the molecule is CC(NC(=O)CN1C(=O)NC2(CCCCC2C)C1=O)c1cccc(NC(=O)c2ccccc2)c1. The molecule has 8 heteroatoms. The fourth-order valence-corrected chi connectivity index (χ4v) is 4.83. The summed E-state index contributed by atoms with van der Waals surface area (Å²) in [6.45, 7) is 3.47. The molecular formula is C26H30N4O4. The first-order valence-corrected chi connectivity index (χ1v) is 11.7. The number of urea groups is 1. The van der Waals surface area contributed by atoms with Gasteiger partial charge in [0.05, 0.1) is 6.04 Å². The zero-order valence-electron chi connectivity index (χ0n) is 19.5. The van der Waals surface area contributed by atoms with Gasteiger partial charge < -0.3 is 16.0 Å². The molecule has 1 saturated heterocycles. The Hall–Kier alpha value is -3.68. The molecule has 3 unspecified atom stereocenters. The average Bonchev–Trinajstić information content (AvgIpc) is 3.06. The highest BCUT2D eigenvalue weighted by Gasteiger charge is 2.55. The number of anilines is 1. The second kappa shape index (κ2) is 9.67. The molecule has 1 spiro atoms. The molecule has 1 aliphatic heterocycles. The summed E-state index contributed by atoms with van der Waals surface area (Å²) in [7, 11) is 0. The first-order valence-electron chi connectivity index (χ1n) is 11.7. The van der Waals surface area contributed by atoms with E-state index in [4.69, 9.17) is 0 Å². The van der Waals surface area contributed by atoms with Crippen molar-refractivity contribution in [1.29, 1.82) is 0 Å². The van der Waals surface area contributed by atoms with Gasteiger partial charge in [0.15, 0.2) is 0 Å². The molecule has 178 valence electrons. The van der Waals surface area contributed by atoms with E-state index in [0.29, 0.717) is 17.7 Å². The molecule has 4 rings (SSSR count). The van der Waals surface area contributed by atoms with Gasteiger partial charge in [-0.1, -0.05) is 50.1 Å². The molecule has 1 aliphatic carbocycles. The second-order valence-corrected chi connectivity index (χ2v) is 9.17. The summed E-state index contributed by atoms with van der Waals surface area (Å²) in [4.78, 5) is 51.8. The highest BCUT2D eigenvalue weighted by atomic mass is 16.2. The highest BCUT2D eigenvalue weighted by molar-refractivity contribution is 6.09. The Bertz CT molecular complexity index is 1100. The average molecular weight is 463 g/mol. The van der Waals surface area contributed by atoms with E-state index < -0.39 is 17.5 Å². The third-order valence-electron chi connectivity index (χ3n) is 6.86. The first-order chi connectivity index (χ1) is 16.3. The molecule has 0 bridgehead atoms. The van der Waals surface area contributed by atoms with Gasteiger partial charge in [0.25, 0.3) is 11.8 Å². The summed E-state index contributed by atoms with van der Waals surface area (Å²) < 4.78 is 0. The Morgan fingerprint density at radius 3 is 2.62 bits per heavy atom. The van der Waals surface area contributed by atoms with Gasteiger partial charge in [-0.15, -0.1) is 0 Å². The molecule has 2 aromatic carbocycles. The third-order valence-corrected chi connectivity index (χ3v) is 6.86. The summed E-state index contributed by atoms with van der Waals surface area (Å²) in [6.07, 6.45) is 3.40. The van der Waals surface area contributed by atoms with Gasteiger partial charge in [-0.2, -0.15) is 0 Å². The molecule has 8 nitrogen and oxygen atoms in total. The van der Waals surface area contributed by atoms with Crippen LogP contribution in [-0.4, -0.2) is 40.7 Å². The quantitative estimate of drug-likeness (QED) is 0.570. The van der Waals surface area contributed by atoms with Gasteiger partial charge >= 0.3 is 6.03 Å². The number of amides is 5. The third kappa shape index (κ3) is 4.66. The number of benzene rings is 2. The molecule has 3 N–H and O–H groups in total. The van der Waals surface area contributed by atoms with Crippen LogP contribution in [0.4, 0.5) is 10.5 Å². The van der Waals surface area contributed by atoms with Crippen molar-refractivity contribution in [2.75, 3.05) is 11.9 Å². The number of imide groups is 1. The lowest BCUT2D eigenvalue weighted by Crippen LogP contribution is -2.54. The summed E-state index contributed by atoms with van der Waals surface area (Å²) in [5.41, 5.74) is 1.06. The predicted molar refractivity (Wildman–Crippen MR) is 128 cm³/mol. The zero-order valence-corrected chi connectivity index (χ0v) is 19.5. The number of hydrogen-bond acceptors (Lipinski definition) is 4. The molecule has 0 aromatic heterocycles. The molecule has 2 aromatic rings. The van der Waals surface area contributed by atoms with Crippen LogP contribution in [0.1, 0.15) is 61.5 Å². The predicted octanol–water partition coefficient (Wildman–Crippen LogP) is 3.62. The normalized spacial score (nSPS) is 22.9. The van der Waals surface area contributed by atoms with E-state index in [1.54, 1.807) is 42.5 Å². The smallest absolute Gasteiger partial charge is 0.325 e. The van der Waals surface area contributed by atoms with Crippen molar-refractivity contribution in [1.82, 2.24) is 15.5 Å². The van der Waals surface area contributed by atoms with Gasteiger partial charge in [-0.25, -0.2) is 4.79 Å². The minimum absolute atomic E-state index is 0.0403. The van der Waals surface area contributed by atoms with Crippen molar-refractivity contribution < 1.29 is 19.2 Å². The number of nitrogens with one attached hydrogen (secondary N) is 3. The number of carbonyl (C=O) groups excluding carboxylic acids is 4. The molecule has 2 fully saturated rings. The summed E-state index contributed by atoms with van der Waals surface area (Å²) in [6, 6.07) is 15.2. The number of nitrogens with zero attached hydrogens (tertiary/aromatic N) is 1. The van der Waals surface area contributed by atoms with Crippen LogP contribution in [-0.2, 0) is 9.59 Å². The summed E-state index contributed by atoms with van der Waals surface area (Å²) in [5.74, 6) is -0.911. The maximum atomic E-state index is 13.1. The lowest BCUT2D eigenvalue weighted by atomic mass is 9.73. The van der Waals surface area contributed by atoms with Gasteiger partial charge in [0.2, 0.25) is 5.91 Å². The van der Waals surface area contributed by atoms with Crippen molar-refractivity contribution in [2.24, 2.45) is 5.92 Å². The van der Waals surface area contributed by atoms with Crippen molar-refractivity contribution in [2.45, 2.75) is 51.1 Å². The first kappa shape index (κ1) is 23.5. The van der Waals surface area contributed by atoms with E-state index in [1.165, 1.54) is 0 Å². The van der Waals surface area contributed by atoms with Crippen LogP contribution in [0, 0.1) is 5.92 Å². The molecule has 5 amide bonds. The van der Waals surface area contributed by atoms with E-state index in [9.17, 15) is 19.2 Å². The van der Waals surface area contributed by atoms with Crippen LogP contribution in [0.15, 0.2) is 54.6 Å². The molecule has 0 radical (unpaired) electrons. The van der Waals surface area contributed by atoms with Crippen LogP contribution >= 0.6 is 0 Å². The minimum Gasteiger partial charge on any atom is -0.348 e. The Kier molecular flexibility index (Phi) is 6.68. The standard InChI is InChI=1S/C26H30N4O4/c1-17-9-6-7-14-26(17)24(33)30(25(34)29-26)16-22(31)27-18(2)20-12-8-13-21(15-20)28-23(32)19-10-4-3-5-11-19/h3-5,8,10-13,15,17-18H,6-7,9,14,16H2,1-2H3,(H,27,31)(H,28,32)(H,29,34).